The molecule has 1 N–H and O–H groups in total. The highest BCUT2D eigenvalue weighted by Gasteiger charge is 2.25. The summed E-state index contributed by atoms with van der Waals surface area (Å²) in [6, 6.07) is 7.88. The molecular formula is C14H16N2O2. The van der Waals surface area contributed by atoms with Crippen LogP contribution in [0, 0.1) is 0 Å². The Hall–Kier alpha value is -1.81. The smallest absolute Gasteiger partial charge is 0.254 e. The predicted octanol–water partition coefficient (Wildman–Crippen LogP) is 2.03. The van der Waals surface area contributed by atoms with E-state index < -0.39 is 0 Å². The maximum atomic E-state index is 12.6. The maximum absolute atomic E-state index is 12.6. The summed E-state index contributed by atoms with van der Waals surface area (Å²) in [7, 11) is 0. The van der Waals surface area contributed by atoms with Gasteiger partial charge in [-0.15, -0.1) is 0 Å². The molecule has 0 saturated carbocycles. The third-order valence-corrected chi connectivity index (χ3v) is 3.45. The SMILES string of the molecule is C[C@@H]1COCCN1C(=O)c1cccc2[nH]ccc12. The number of nitrogens with one attached hydrogen (secondary N) is 1. The van der Waals surface area contributed by atoms with Crippen molar-refractivity contribution in [3.63, 3.8) is 0 Å². The van der Waals surface area contributed by atoms with Gasteiger partial charge in [-0.2, -0.15) is 0 Å². The molecule has 1 aliphatic heterocycles. The molecule has 2 heterocycles. The van der Waals surface area contributed by atoms with Gasteiger partial charge in [-0.3, -0.25) is 4.79 Å². The van der Waals surface area contributed by atoms with Crippen molar-refractivity contribution < 1.29 is 9.53 Å². The van der Waals surface area contributed by atoms with Crippen LogP contribution in [0.5, 0.6) is 0 Å². The van der Waals surface area contributed by atoms with Gasteiger partial charge in [0.1, 0.15) is 0 Å². The van der Waals surface area contributed by atoms with E-state index in [0.29, 0.717) is 19.8 Å². The van der Waals surface area contributed by atoms with Gasteiger partial charge >= 0.3 is 0 Å². The van der Waals surface area contributed by atoms with E-state index in [1.165, 1.54) is 0 Å². The van der Waals surface area contributed by atoms with E-state index in [2.05, 4.69) is 4.98 Å². The Bertz CT molecular complexity index is 576. The Labute approximate surface area is 106 Å². The quantitative estimate of drug-likeness (QED) is 0.834. The van der Waals surface area contributed by atoms with Gasteiger partial charge in [0, 0.05) is 29.2 Å². The second kappa shape index (κ2) is 4.46. The van der Waals surface area contributed by atoms with Crippen molar-refractivity contribution >= 4 is 16.8 Å². The summed E-state index contributed by atoms with van der Waals surface area (Å²) in [5.74, 6) is 0.0935. The lowest BCUT2D eigenvalue weighted by molar-refractivity contribution is 0.00370. The van der Waals surface area contributed by atoms with Gasteiger partial charge < -0.3 is 14.6 Å². The molecule has 1 aliphatic rings. The minimum Gasteiger partial charge on any atom is -0.377 e. The molecule has 1 fully saturated rings. The number of nitrogens with zero attached hydrogens (tertiary/aromatic N) is 1. The molecule has 0 unspecified atom stereocenters. The van der Waals surface area contributed by atoms with E-state index in [0.717, 1.165) is 16.5 Å². The minimum atomic E-state index is 0.0935. The first-order valence-electron chi connectivity index (χ1n) is 6.22. The van der Waals surface area contributed by atoms with E-state index in [4.69, 9.17) is 4.74 Å². The van der Waals surface area contributed by atoms with E-state index in [1.54, 1.807) is 0 Å². The zero-order valence-electron chi connectivity index (χ0n) is 10.3. The van der Waals surface area contributed by atoms with Crippen molar-refractivity contribution in [3.05, 3.63) is 36.0 Å². The van der Waals surface area contributed by atoms with Gasteiger partial charge in [0.15, 0.2) is 0 Å². The zero-order chi connectivity index (χ0) is 12.5. The standard InChI is InChI=1S/C14H16N2O2/c1-10-9-18-8-7-16(10)14(17)12-3-2-4-13-11(12)5-6-15-13/h2-6,10,15H,7-9H2,1H3/t10-/m1/s1. The summed E-state index contributed by atoms with van der Waals surface area (Å²) < 4.78 is 5.37. The van der Waals surface area contributed by atoms with Crippen LogP contribution in [0.15, 0.2) is 30.5 Å². The summed E-state index contributed by atoms with van der Waals surface area (Å²) in [6.07, 6.45) is 1.87. The number of aromatic amines is 1. The monoisotopic (exact) mass is 244 g/mol. The van der Waals surface area contributed by atoms with Crippen LogP contribution < -0.4 is 0 Å². The Morgan fingerprint density at radius 3 is 3.17 bits per heavy atom. The number of hydrogen-bond acceptors (Lipinski definition) is 2. The molecule has 4 heteroatoms. The molecule has 0 bridgehead atoms. The molecule has 3 rings (SSSR count). The molecule has 1 saturated heterocycles. The Morgan fingerprint density at radius 1 is 1.44 bits per heavy atom. The number of aromatic nitrogens is 1. The number of fused-ring (bicyclic) bond motifs is 1. The number of morpholine rings is 1. The third kappa shape index (κ3) is 1.78. The molecule has 18 heavy (non-hydrogen) atoms. The highest BCUT2D eigenvalue weighted by molar-refractivity contribution is 6.06. The Kier molecular flexibility index (Phi) is 2.80. The Morgan fingerprint density at radius 2 is 2.33 bits per heavy atom. The first-order chi connectivity index (χ1) is 8.77. The van der Waals surface area contributed by atoms with Crippen LogP contribution in [0.1, 0.15) is 17.3 Å². The lowest BCUT2D eigenvalue weighted by atomic mass is 10.1. The van der Waals surface area contributed by atoms with Gasteiger partial charge in [-0.1, -0.05) is 6.07 Å². The number of benzene rings is 1. The summed E-state index contributed by atoms with van der Waals surface area (Å²) in [5.41, 5.74) is 1.77. The largest absolute Gasteiger partial charge is 0.377 e. The van der Waals surface area contributed by atoms with E-state index in [1.807, 2.05) is 42.3 Å². The van der Waals surface area contributed by atoms with Crippen molar-refractivity contribution in [2.24, 2.45) is 0 Å². The number of hydrogen-bond donors (Lipinski definition) is 1. The summed E-state index contributed by atoms with van der Waals surface area (Å²) in [5, 5.41) is 0.987. The lowest BCUT2D eigenvalue weighted by Gasteiger charge is -2.33. The molecule has 1 atom stereocenters. The van der Waals surface area contributed by atoms with Crippen molar-refractivity contribution in [3.8, 4) is 0 Å². The Balaban J connectivity index is 1.98. The van der Waals surface area contributed by atoms with Crippen molar-refractivity contribution in [1.82, 2.24) is 9.88 Å². The maximum Gasteiger partial charge on any atom is 0.254 e. The van der Waals surface area contributed by atoms with Crippen molar-refractivity contribution in [2.75, 3.05) is 19.8 Å². The first-order valence-corrected chi connectivity index (χ1v) is 6.22. The van der Waals surface area contributed by atoms with Gasteiger partial charge in [-0.05, 0) is 25.1 Å². The van der Waals surface area contributed by atoms with Crippen LogP contribution in [-0.2, 0) is 4.74 Å². The fourth-order valence-electron chi connectivity index (χ4n) is 2.46. The molecule has 0 aliphatic carbocycles. The molecule has 4 nitrogen and oxygen atoms in total. The lowest BCUT2D eigenvalue weighted by Crippen LogP contribution is -2.47. The molecular weight excluding hydrogens is 228 g/mol. The molecule has 1 aromatic carbocycles. The number of rotatable bonds is 1. The second-order valence-corrected chi connectivity index (χ2v) is 4.67. The van der Waals surface area contributed by atoms with E-state index in [-0.39, 0.29) is 11.9 Å². The normalized spacial score (nSPS) is 20.3. The van der Waals surface area contributed by atoms with E-state index >= 15 is 0 Å². The summed E-state index contributed by atoms with van der Waals surface area (Å²) in [4.78, 5) is 17.6. The number of carbonyl (C=O) groups excluding carboxylic acids is 1. The van der Waals surface area contributed by atoms with Gasteiger partial charge in [0.25, 0.3) is 5.91 Å². The molecule has 94 valence electrons. The second-order valence-electron chi connectivity index (χ2n) is 4.67. The molecule has 0 radical (unpaired) electrons. The summed E-state index contributed by atoms with van der Waals surface area (Å²) >= 11 is 0. The van der Waals surface area contributed by atoms with Crippen LogP contribution in [0.2, 0.25) is 0 Å². The van der Waals surface area contributed by atoms with Crippen LogP contribution >= 0.6 is 0 Å². The number of amides is 1. The number of H-pyrrole nitrogens is 1. The highest BCUT2D eigenvalue weighted by Crippen LogP contribution is 2.20. The molecule has 2 aromatic rings. The van der Waals surface area contributed by atoms with Crippen LogP contribution in [0.25, 0.3) is 10.9 Å². The highest BCUT2D eigenvalue weighted by atomic mass is 16.5. The van der Waals surface area contributed by atoms with E-state index in [9.17, 15) is 4.79 Å². The number of ether oxygens (including phenoxy) is 1. The topological polar surface area (TPSA) is 45.3 Å². The van der Waals surface area contributed by atoms with Crippen molar-refractivity contribution in [2.45, 2.75) is 13.0 Å². The average molecular weight is 244 g/mol. The number of carbonyl (C=O) groups is 1. The molecule has 1 aromatic heterocycles. The molecule has 0 spiro atoms. The predicted molar refractivity (Wildman–Crippen MR) is 69.6 cm³/mol. The fraction of sp³-hybridized carbons (Fsp3) is 0.357. The van der Waals surface area contributed by atoms with Crippen LogP contribution in [0.4, 0.5) is 0 Å². The molecule has 1 amide bonds. The minimum absolute atomic E-state index is 0.0935. The van der Waals surface area contributed by atoms with Gasteiger partial charge in [-0.25, -0.2) is 0 Å². The van der Waals surface area contributed by atoms with Gasteiger partial charge in [0.05, 0.1) is 19.3 Å². The summed E-state index contributed by atoms with van der Waals surface area (Å²) in [6.45, 7) is 3.93. The van der Waals surface area contributed by atoms with Gasteiger partial charge in [0.2, 0.25) is 0 Å². The first kappa shape index (κ1) is 11.3. The fourth-order valence-corrected chi connectivity index (χ4v) is 2.46. The van der Waals surface area contributed by atoms with Crippen LogP contribution in [-0.4, -0.2) is 41.6 Å². The van der Waals surface area contributed by atoms with Crippen LogP contribution in [0.3, 0.4) is 0 Å². The van der Waals surface area contributed by atoms with Crippen molar-refractivity contribution in [1.29, 1.82) is 0 Å². The zero-order valence-corrected chi connectivity index (χ0v) is 10.3. The average Bonchev–Trinajstić information content (AvgIpc) is 2.86. The third-order valence-electron chi connectivity index (χ3n) is 3.45.